The number of hydrogen-bond donors (Lipinski definition) is 1. The van der Waals surface area contributed by atoms with Crippen LogP contribution in [0, 0.1) is 13.8 Å². The molecule has 8 nitrogen and oxygen atoms in total. The first-order valence-electron chi connectivity index (χ1n) is 10.9. The highest BCUT2D eigenvalue weighted by Gasteiger charge is 2.34. The quantitative estimate of drug-likeness (QED) is 0.547. The molecule has 1 aliphatic rings. The highest BCUT2D eigenvalue weighted by atomic mass is 32.2. The van der Waals surface area contributed by atoms with Crippen molar-refractivity contribution in [3.63, 3.8) is 0 Å². The molecule has 0 atom stereocenters. The highest BCUT2D eigenvalue weighted by molar-refractivity contribution is 8.18. The molecule has 0 saturated carbocycles. The van der Waals surface area contributed by atoms with Crippen LogP contribution in [-0.2, 0) is 11.3 Å². The number of aromatic nitrogens is 2. The number of hydrogen-bond acceptors (Lipinski definition) is 6. The van der Waals surface area contributed by atoms with E-state index in [1.165, 1.54) is 0 Å². The Morgan fingerprint density at radius 2 is 1.82 bits per heavy atom. The van der Waals surface area contributed by atoms with Crippen molar-refractivity contribution >= 4 is 45.9 Å². The van der Waals surface area contributed by atoms with Gasteiger partial charge in [0.05, 0.1) is 15.9 Å². The van der Waals surface area contributed by atoms with Crippen LogP contribution in [0.2, 0.25) is 0 Å². The van der Waals surface area contributed by atoms with E-state index in [4.69, 9.17) is 0 Å². The number of fused-ring (bicyclic) bond motifs is 1. The molecule has 174 valence electrons. The van der Waals surface area contributed by atoms with Crippen LogP contribution in [0.1, 0.15) is 34.1 Å². The van der Waals surface area contributed by atoms with E-state index in [-0.39, 0.29) is 35.7 Å². The second kappa shape index (κ2) is 9.64. The smallest absolute Gasteiger partial charge is 0.293 e. The van der Waals surface area contributed by atoms with Crippen molar-refractivity contribution in [1.29, 1.82) is 0 Å². The maximum atomic E-state index is 12.7. The SMILES string of the molecule is CCn1c(=O)c(C)nc2cc(C(=O)NCCN3C(=O)S/C(=C\c4ccc(C)cc4)C3=O)ccc21. The number of nitrogens with one attached hydrogen (secondary N) is 1. The fourth-order valence-corrected chi connectivity index (χ4v) is 4.58. The minimum Gasteiger partial charge on any atom is -0.350 e. The molecule has 1 aliphatic heterocycles. The van der Waals surface area contributed by atoms with Crippen molar-refractivity contribution in [2.75, 3.05) is 13.1 Å². The number of aryl methyl sites for hydroxylation is 3. The van der Waals surface area contributed by atoms with Gasteiger partial charge in [0.25, 0.3) is 22.6 Å². The maximum Gasteiger partial charge on any atom is 0.293 e. The van der Waals surface area contributed by atoms with E-state index in [1.54, 1.807) is 35.8 Å². The van der Waals surface area contributed by atoms with E-state index < -0.39 is 0 Å². The standard InChI is InChI=1S/C25H24N4O4S/c1-4-28-20-10-9-18(14-19(20)27-16(3)23(28)31)22(30)26-11-12-29-24(32)21(34-25(29)33)13-17-7-5-15(2)6-8-17/h5-10,13-14H,4,11-12H2,1-3H3,(H,26,30)/b21-13-. The largest absolute Gasteiger partial charge is 0.350 e. The van der Waals surface area contributed by atoms with Gasteiger partial charge in [0.1, 0.15) is 5.69 Å². The van der Waals surface area contributed by atoms with Crippen LogP contribution in [0.15, 0.2) is 52.2 Å². The zero-order chi connectivity index (χ0) is 24.4. The van der Waals surface area contributed by atoms with Crippen LogP contribution in [-0.4, -0.2) is 44.6 Å². The van der Waals surface area contributed by atoms with E-state index in [2.05, 4.69) is 10.3 Å². The molecule has 0 radical (unpaired) electrons. The van der Waals surface area contributed by atoms with Gasteiger partial charge < -0.3 is 9.88 Å². The minimum atomic E-state index is -0.368. The summed E-state index contributed by atoms with van der Waals surface area (Å²) in [5.74, 6) is -0.717. The molecule has 0 aliphatic carbocycles. The number of carbonyl (C=O) groups excluding carboxylic acids is 3. The summed E-state index contributed by atoms with van der Waals surface area (Å²) in [6, 6.07) is 12.6. The van der Waals surface area contributed by atoms with Crippen LogP contribution in [0.4, 0.5) is 4.79 Å². The van der Waals surface area contributed by atoms with Crippen molar-refractivity contribution in [1.82, 2.24) is 19.8 Å². The molecule has 1 N–H and O–H groups in total. The molecule has 3 amide bonds. The zero-order valence-corrected chi connectivity index (χ0v) is 19.9. The first-order valence-corrected chi connectivity index (χ1v) is 11.7. The van der Waals surface area contributed by atoms with Crippen LogP contribution >= 0.6 is 11.8 Å². The first kappa shape index (κ1) is 23.4. The lowest BCUT2D eigenvalue weighted by molar-refractivity contribution is -0.122. The molecule has 0 unspecified atom stereocenters. The van der Waals surface area contributed by atoms with Gasteiger partial charge >= 0.3 is 0 Å². The lowest BCUT2D eigenvalue weighted by Gasteiger charge is -2.13. The Bertz CT molecular complexity index is 1390. The Kier molecular flexibility index (Phi) is 6.65. The summed E-state index contributed by atoms with van der Waals surface area (Å²) >= 11 is 0.893. The Morgan fingerprint density at radius 3 is 2.53 bits per heavy atom. The third-order valence-electron chi connectivity index (χ3n) is 5.56. The normalized spacial score (nSPS) is 14.9. The Balaban J connectivity index is 1.41. The van der Waals surface area contributed by atoms with Gasteiger partial charge in [-0.2, -0.15) is 0 Å². The van der Waals surface area contributed by atoms with Gasteiger partial charge in [-0.15, -0.1) is 0 Å². The molecule has 9 heteroatoms. The van der Waals surface area contributed by atoms with Crippen molar-refractivity contribution in [3.8, 4) is 0 Å². The zero-order valence-electron chi connectivity index (χ0n) is 19.1. The first-order chi connectivity index (χ1) is 16.3. The van der Waals surface area contributed by atoms with Crippen LogP contribution in [0.5, 0.6) is 0 Å². The van der Waals surface area contributed by atoms with E-state index >= 15 is 0 Å². The third kappa shape index (κ3) is 4.65. The lowest BCUT2D eigenvalue weighted by atomic mass is 10.1. The minimum absolute atomic E-state index is 0.0714. The molecule has 1 saturated heterocycles. The van der Waals surface area contributed by atoms with Gasteiger partial charge in [-0.1, -0.05) is 29.8 Å². The summed E-state index contributed by atoms with van der Waals surface area (Å²) in [5, 5.41) is 2.39. The van der Waals surface area contributed by atoms with Gasteiger partial charge in [0.2, 0.25) is 0 Å². The Morgan fingerprint density at radius 1 is 1.09 bits per heavy atom. The van der Waals surface area contributed by atoms with Crippen molar-refractivity contribution in [2.24, 2.45) is 0 Å². The van der Waals surface area contributed by atoms with Gasteiger partial charge in [0, 0.05) is 25.2 Å². The van der Waals surface area contributed by atoms with E-state index in [0.29, 0.717) is 33.7 Å². The predicted octanol–water partition coefficient (Wildman–Crippen LogP) is 3.50. The molecule has 1 fully saturated rings. The summed E-state index contributed by atoms with van der Waals surface area (Å²) in [7, 11) is 0. The number of thioether (sulfide) groups is 1. The molecule has 34 heavy (non-hydrogen) atoms. The number of benzene rings is 2. The lowest BCUT2D eigenvalue weighted by Crippen LogP contribution is -2.37. The average molecular weight is 477 g/mol. The van der Waals surface area contributed by atoms with Gasteiger partial charge in [-0.05, 0) is 62.4 Å². The molecule has 2 aromatic carbocycles. The summed E-state index contributed by atoms with van der Waals surface area (Å²) < 4.78 is 1.61. The maximum absolute atomic E-state index is 12.7. The average Bonchev–Trinajstić information content (AvgIpc) is 3.08. The topological polar surface area (TPSA) is 101 Å². The fraction of sp³-hybridized carbons (Fsp3) is 0.240. The van der Waals surface area contributed by atoms with Gasteiger partial charge in [-0.3, -0.25) is 24.1 Å². The van der Waals surface area contributed by atoms with Crippen molar-refractivity contribution in [3.05, 3.63) is 80.1 Å². The number of imide groups is 1. The second-order valence-corrected chi connectivity index (χ2v) is 8.94. The van der Waals surface area contributed by atoms with Crippen molar-refractivity contribution in [2.45, 2.75) is 27.3 Å². The summed E-state index contributed by atoms with van der Waals surface area (Å²) in [5.41, 5.74) is 3.77. The molecule has 4 rings (SSSR count). The van der Waals surface area contributed by atoms with Crippen molar-refractivity contribution < 1.29 is 14.4 Å². The summed E-state index contributed by atoms with van der Waals surface area (Å²) in [6.45, 7) is 6.19. The molecule has 3 aromatic rings. The van der Waals surface area contributed by atoms with E-state index in [9.17, 15) is 19.2 Å². The monoisotopic (exact) mass is 476 g/mol. The van der Waals surface area contributed by atoms with E-state index in [1.807, 2.05) is 38.1 Å². The Labute approximate surface area is 200 Å². The highest BCUT2D eigenvalue weighted by Crippen LogP contribution is 2.31. The molecular formula is C25H24N4O4S. The molecular weight excluding hydrogens is 452 g/mol. The Hall–Kier alpha value is -3.72. The van der Waals surface area contributed by atoms with Gasteiger partial charge in [-0.25, -0.2) is 4.98 Å². The van der Waals surface area contributed by atoms with E-state index in [0.717, 1.165) is 27.8 Å². The molecule has 0 bridgehead atoms. The number of nitrogens with zero attached hydrogens (tertiary/aromatic N) is 3. The summed E-state index contributed by atoms with van der Waals surface area (Å²) in [6.07, 6.45) is 1.70. The fourth-order valence-electron chi connectivity index (χ4n) is 3.72. The predicted molar refractivity (Wildman–Crippen MR) is 133 cm³/mol. The van der Waals surface area contributed by atoms with Crippen LogP contribution in [0.25, 0.3) is 17.1 Å². The van der Waals surface area contributed by atoms with Crippen LogP contribution < -0.4 is 10.9 Å². The molecule has 0 spiro atoms. The van der Waals surface area contributed by atoms with Crippen LogP contribution in [0.3, 0.4) is 0 Å². The third-order valence-corrected chi connectivity index (χ3v) is 6.46. The second-order valence-electron chi connectivity index (χ2n) is 7.95. The number of rotatable bonds is 6. The summed E-state index contributed by atoms with van der Waals surface area (Å²) in [4.78, 5) is 55.7. The van der Waals surface area contributed by atoms with Gasteiger partial charge in [0.15, 0.2) is 0 Å². The molecule has 2 heterocycles. The molecule has 1 aromatic heterocycles. The number of amides is 3. The number of carbonyl (C=O) groups is 3.